The summed E-state index contributed by atoms with van der Waals surface area (Å²) in [5.74, 6) is 0.335. The van der Waals surface area contributed by atoms with E-state index in [9.17, 15) is 12.3 Å². The molecule has 1 aliphatic rings. The summed E-state index contributed by atoms with van der Waals surface area (Å²) < 4.78 is 34.8. The van der Waals surface area contributed by atoms with Gasteiger partial charge in [0, 0.05) is 19.0 Å². The van der Waals surface area contributed by atoms with E-state index in [2.05, 4.69) is 5.10 Å². The lowest BCUT2D eigenvalue weighted by molar-refractivity contribution is 0.534. The van der Waals surface area contributed by atoms with Crippen LogP contribution in [0.4, 0.5) is 3.89 Å². The van der Waals surface area contributed by atoms with E-state index in [1.54, 1.807) is 0 Å². The Kier molecular flexibility index (Phi) is 1.69. The van der Waals surface area contributed by atoms with Gasteiger partial charge in [-0.15, -0.1) is 0 Å². The number of rotatable bonds is 2. The quantitative estimate of drug-likeness (QED) is 0.674. The molecule has 2 rings (SSSR count). The largest absolute Gasteiger partial charge is 0.349 e. The van der Waals surface area contributed by atoms with Crippen molar-refractivity contribution in [1.82, 2.24) is 9.78 Å². The van der Waals surface area contributed by atoms with E-state index < -0.39 is 10.2 Å². The second kappa shape index (κ2) is 2.54. The highest BCUT2D eigenvalue weighted by Gasteiger charge is 2.29. The first-order chi connectivity index (χ1) is 5.98. The van der Waals surface area contributed by atoms with Crippen LogP contribution in [0.3, 0.4) is 0 Å². The third-order valence-corrected chi connectivity index (χ3v) is 2.98. The predicted octanol–water partition coefficient (Wildman–Crippen LogP) is 0.956. The molecule has 1 aromatic heterocycles. The van der Waals surface area contributed by atoms with E-state index in [0.29, 0.717) is 11.6 Å². The molecule has 1 heterocycles. The van der Waals surface area contributed by atoms with Crippen LogP contribution in [0.15, 0.2) is 11.1 Å². The zero-order valence-electron chi connectivity index (χ0n) is 7.07. The Morgan fingerprint density at radius 2 is 2.23 bits per heavy atom. The van der Waals surface area contributed by atoms with Crippen LogP contribution in [-0.4, -0.2) is 18.2 Å². The minimum atomic E-state index is -4.62. The van der Waals surface area contributed by atoms with Crippen LogP contribution in [0.2, 0.25) is 0 Å². The van der Waals surface area contributed by atoms with Crippen LogP contribution in [-0.2, 0) is 17.3 Å². The van der Waals surface area contributed by atoms with Crippen molar-refractivity contribution in [3.8, 4) is 0 Å². The maximum Gasteiger partial charge on any atom is 0.349 e. The molecule has 0 radical (unpaired) electrons. The maximum atomic E-state index is 12.6. The second-order valence-electron chi connectivity index (χ2n) is 3.24. The molecule has 13 heavy (non-hydrogen) atoms. The third-order valence-electron chi connectivity index (χ3n) is 2.10. The summed E-state index contributed by atoms with van der Waals surface area (Å²) in [4.78, 5) is 0. The Labute approximate surface area is 75.6 Å². The van der Waals surface area contributed by atoms with Crippen LogP contribution < -0.4 is 0 Å². The van der Waals surface area contributed by atoms with Gasteiger partial charge in [-0.3, -0.25) is 4.68 Å². The normalized spacial score (nSPS) is 17.7. The number of hydrogen-bond donors (Lipinski definition) is 0. The Hall–Kier alpha value is -0.910. The van der Waals surface area contributed by atoms with Crippen molar-refractivity contribution >= 4 is 10.2 Å². The summed E-state index contributed by atoms with van der Waals surface area (Å²) in [5, 5.41) is 3.58. The first kappa shape index (κ1) is 8.68. The van der Waals surface area contributed by atoms with E-state index in [4.69, 9.17) is 0 Å². The zero-order valence-corrected chi connectivity index (χ0v) is 7.88. The summed E-state index contributed by atoms with van der Waals surface area (Å²) in [6.07, 6.45) is 2.03. The topological polar surface area (TPSA) is 52.0 Å². The molecule has 1 fully saturated rings. The lowest BCUT2D eigenvalue weighted by atomic mass is 10.3. The van der Waals surface area contributed by atoms with Crippen LogP contribution in [0.1, 0.15) is 24.5 Å². The van der Waals surface area contributed by atoms with Gasteiger partial charge in [0.1, 0.15) is 0 Å². The first-order valence-corrected chi connectivity index (χ1v) is 5.35. The van der Waals surface area contributed by atoms with E-state index >= 15 is 0 Å². The van der Waals surface area contributed by atoms with Crippen molar-refractivity contribution in [2.75, 3.05) is 0 Å². The fourth-order valence-corrected chi connectivity index (χ4v) is 1.90. The van der Waals surface area contributed by atoms with Crippen LogP contribution >= 0.6 is 0 Å². The highest BCUT2D eigenvalue weighted by Crippen LogP contribution is 2.39. The van der Waals surface area contributed by atoms with Crippen molar-refractivity contribution < 1.29 is 12.3 Å². The lowest BCUT2D eigenvalue weighted by Crippen LogP contribution is -2.01. The maximum absolute atomic E-state index is 12.6. The summed E-state index contributed by atoms with van der Waals surface area (Å²) in [5.41, 5.74) is 0.679. The number of aromatic nitrogens is 2. The Morgan fingerprint density at radius 1 is 1.62 bits per heavy atom. The lowest BCUT2D eigenvalue weighted by Gasteiger charge is -1.92. The Bertz CT molecular complexity index is 433. The average molecular weight is 204 g/mol. The molecule has 4 nitrogen and oxygen atoms in total. The molecule has 72 valence electrons. The van der Waals surface area contributed by atoms with Crippen molar-refractivity contribution in [2.45, 2.75) is 23.8 Å². The van der Waals surface area contributed by atoms with Gasteiger partial charge >= 0.3 is 10.2 Å². The molecular weight excluding hydrogens is 195 g/mol. The van der Waals surface area contributed by atoms with Gasteiger partial charge in [0.25, 0.3) is 0 Å². The molecule has 0 spiro atoms. The highest BCUT2D eigenvalue weighted by atomic mass is 32.3. The fraction of sp³-hybridized carbons (Fsp3) is 0.571. The standard InChI is InChI=1S/C7H9FN2O2S/c1-10-7(13(8,11)12)4-6(9-10)5-2-3-5/h4-5H,2-3H2,1H3. The minimum Gasteiger partial charge on any atom is -0.255 e. The second-order valence-corrected chi connectivity index (χ2v) is 4.54. The van der Waals surface area contributed by atoms with Gasteiger partial charge in [-0.25, -0.2) is 0 Å². The molecule has 0 saturated heterocycles. The molecule has 0 aliphatic heterocycles. The summed E-state index contributed by atoms with van der Waals surface area (Å²) in [6.45, 7) is 0. The molecule has 6 heteroatoms. The summed E-state index contributed by atoms with van der Waals surface area (Å²) in [6, 6.07) is 1.31. The third kappa shape index (κ3) is 1.58. The highest BCUT2D eigenvalue weighted by molar-refractivity contribution is 7.86. The number of hydrogen-bond acceptors (Lipinski definition) is 3. The average Bonchev–Trinajstić information content (AvgIpc) is 2.73. The smallest absolute Gasteiger partial charge is 0.255 e. The van der Waals surface area contributed by atoms with E-state index in [1.807, 2.05) is 0 Å². The zero-order chi connectivity index (χ0) is 9.64. The van der Waals surface area contributed by atoms with Crippen LogP contribution in [0, 0.1) is 0 Å². The molecule has 0 aromatic carbocycles. The fourth-order valence-electron chi connectivity index (χ4n) is 1.28. The molecule has 0 amide bonds. The Morgan fingerprint density at radius 3 is 2.62 bits per heavy atom. The van der Waals surface area contributed by atoms with Gasteiger partial charge in [0.2, 0.25) is 0 Å². The summed E-state index contributed by atoms with van der Waals surface area (Å²) >= 11 is 0. The minimum absolute atomic E-state index is 0.335. The van der Waals surface area contributed by atoms with Crippen molar-refractivity contribution in [1.29, 1.82) is 0 Å². The molecule has 1 aromatic rings. The first-order valence-electron chi connectivity index (χ1n) is 3.97. The van der Waals surface area contributed by atoms with Crippen molar-refractivity contribution in [3.63, 3.8) is 0 Å². The molecule has 0 atom stereocenters. The molecule has 0 unspecified atom stereocenters. The molecule has 1 saturated carbocycles. The van der Waals surface area contributed by atoms with Gasteiger partial charge < -0.3 is 0 Å². The Balaban J connectivity index is 2.47. The molecule has 0 N–H and O–H groups in total. The molecular formula is C7H9FN2O2S. The molecule has 1 aliphatic carbocycles. The van der Waals surface area contributed by atoms with Gasteiger partial charge in [-0.1, -0.05) is 3.89 Å². The predicted molar refractivity (Wildman–Crippen MR) is 43.5 cm³/mol. The van der Waals surface area contributed by atoms with Gasteiger partial charge in [0.15, 0.2) is 5.03 Å². The van der Waals surface area contributed by atoms with Crippen molar-refractivity contribution in [3.05, 3.63) is 11.8 Å². The van der Waals surface area contributed by atoms with Crippen molar-refractivity contribution in [2.24, 2.45) is 7.05 Å². The monoisotopic (exact) mass is 204 g/mol. The van der Waals surface area contributed by atoms with Gasteiger partial charge in [-0.05, 0) is 12.8 Å². The van der Waals surface area contributed by atoms with E-state index in [0.717, 1.165) is 17.5 Å². The molecule has 0 bridgehead atoms. The van der Waals surface area contributed by atoms with E-state index in [-0.39, 0.29) is 5.03 Å². The van der Waals surface area contributed by atoms with E-state index in [1.165, 1.54) is 13.1 Å². The van der Waals surface area contributed by atoms with Gasteiger partial charge in [0.05, 0.1) is 5.69 Å². The number of halogens is 1. The SMILES string of the molecule is Cn1nc(C2CC2)cc1S(=O)(=O)F. The van der Waals surface area contributed by atoms with Crippen LogP contribution in [0.5, 0.6) is 0 Å². The van der Waals surface area contributed by atoms with Gasteiger partial charge in [-0.2, -0.15) is 13.5 Å². The summed E-state index contributed by atoms with van der Waals surface area (Å²) in [7, 11) is -3.19. The number of nitrogens with zero attached hydrogens (tertiary/aromatic N) is 2. The van der Waals surface area contributed by atoms with Crippen LogP contribution in [0.25, 0.3) is 0 Å². The number of aryl methyl sites for hydroxylation is 1.